The number of carbonyl (C=O) groups is 2. The molecule has 0 bridgehead atoms. The molecule has 1 aromatic heterocycles. The van der Waals surface area contributed by atoms with Crippen molar-refractivity contribution in [2.24, 2.45) is 0 Å². The van der Waals surface area contributed by atoms with Gasteiger partial charge in [-0.1, -0.05) is 0 Å². The van der Waals surface area contributed by atoms with Crippen molar-refractivity contribution >= 4 is 11.9 Å². The molecule has 1 amide bonds. The van der Waals surface area contributed by atoms with E-state index >= 15 is 0 Å². The number of aromatic nitrogens is 1. The number of nitrogens with zero attached hydrogens (tertiary/aromatic N) is 2. The number of carboxylic acids is 1. The third kappa shape index (κ3) is 3.47. The molecule has 0 saturated heterocycles. The third-order valence-electron chi connectivity index (χ3n) is 1.99. The van der Waals surface area contributed by atoms with Gasteiger partial charge < -0.3 is 10.0 Å². The van der Waals surface area contributed by atoms with Gasteiger partial charge in [-0.05, 0) is 12.1 Å². The van der Waals surface area contributed by atoms with Crippen LogP contribution in [-0.2, 0) is 0 Å². The van der Waals surface area contributed by atoms with Crippen molar-refractivity contribution in [3.05, 3.63) is 29.6 Å². The number of hydrogen-bond donors (Lipinski definition) is 1. The summed E-state index contributed by atoms with van der Waals surface area (Å²) in [5.74, 6) is -1.85. The van der Waals surface area contributed by atoms with Crippen molar-refractivity contribution < 1.29 is 23.5 Å². The number of hydrogen-bond acceptors (Lipinski definition) is 3. The summed E-state index contributed by atoms with van der Waals surface area (Å²) in [6.45, 7) is -0.693. The van der Waals surface area contributed by atoms with Gasteiger partial charge in [-0.25, -0.2) is 13.6 Å². The van der Waals surface area contributed by atoms with Crippen molar-refractivity contribution in [1.82, 2.24) is 9.88 Å². The molecule has 0 aliphatic heterocycles. The molecular formula is C10H10F2N2O3. The molecule has 0 aromatic carbocycles. The molecule has 0 fully saturated rings. The van der Waals surface area contributed by atoms with Crippen LogP contribution >= 0.6 is 0 Å². The van der Waals surface area contributed by atoms with Crippen molar-refractivity contribution in [3.63, 3.8) is 0 Å². The molecule has 0 atom stereocenters. The summed E-state index contributed by atoms with van der Waals surface area (Å²) in [6, 6.07) is 2.38. The highest BCUT2D eigenvalue weighted by Gasteiger charge is 2.17. The Hall–Kier alpha value is -2.05. The maximum Gasteiger partial charge on any atom is 0.337 e. The summed E-state index contributed by atoms with van der Waals surface area (Å²) in [4.78, 5) is 26.5. The number of aromatic carboxylic acids is 1. The molecule has 0 radical (unpaired) electrons. The van der Waals surface area contributed by atoms with Gasteiger partial charge in [-0.15, -0.1) is 0 Å². The lowest BCUT2D eigenvalue weighted by atomic mass is 10.2. The minimum atomic E-state index is -2.62. The Bertz CT molecular complexity index is 420. The Balaban J connectivity index is 2.79. The van der Waals surface area contributed by atoms with Crippen LogP contribution in [0.1, 0.15) is 20.8 Å². The van der Waals surface area contributed by atoms with E-state index in [4.69, 9.17) is 5.11 Å². The minimum Gasteiger partial charge on any atom is -0.478 e. The van der Waals surface area contributed by atoms with E-state index in [2.05, 4.69) is 4.98 Å². The number of alkyl halides is 2. The fourth-order valence-electron chi connectivity index (χ4n) is 1.13. The van der Waals surface area contributed by atoms with Crippen LogP contribution in [0.2, 0.25) is 0 Å². The first-order valence-electron chi connectivity index (χ1n) is 4.64. The van der Waals surface area contributed by atoms with Crippen molar-refractivity contribution in [2.75, 3.05) is 13.6 Å². The first-order chi connectivity index (χ1) is 7.91. The van der Waals surface area contributed by atoms with Crippen molar-refractivity contribution in [2.45, 2.75) is 6.43 Å². The van der Waals surface area contributed by atoms with Crippen LogP contribution in [-0.4, -0.2) is 46.9 Å². The maximum absolute atomic E-state index is 12.0. The summed E-state index contributed by atoms with van der Waals surface area (Å²) >= 11 is 0. The number of carbonyl (C=O) groups excluding carboxylic acids is 1. The fraction of sp³-hybridized carbons (Fsp3) is 0.300. The van der Waals surface area contributed by atoms with Gasteiger partial charge in [0, 0.05) is 13.2 Å². The second-order valence-electron chi connectivity index (χ2n) is 3.31. The van der Waals surface area contributed by atoms with E-state index < -0.39 is 24.8 Å². The molecule has 7 heteroatoms. The smallest absolute Gasteiger partial charge is 0.337 e. The van der Waals surface area contributed by atoms with E-state index in [0.717, 1.165) is 11.1 Å². The Morgan fingerprint density at radius 3 is 2.53 bits per heavy atom. The van der Waals surface area contributed by atoms with Crippen LogP contribution in [0.25, 0.3) is 0 Å². The monoisotopic (exact) mass is 244 g/mol. The average Bonchev–Trinajstić information content (AvgIpc) is 2.27. The lowest BCUT2D eigenvalue weighted by Gasteiger charge is -2.15. The van der Waals surface area contributed by atoms with E-state index in [1.165, 1.54) is 19.2 Å². The zero-order valence-electron chi connectivity index (χ0n) is 8.93. The molecule has 1 aromatic rings. The second-order valence-corrected chi connectivity index (χ2v) is 3.31. The maximum atomic E-state index is 12.0. The van der Waals surface area contributed by atoms with Crippen LogP contribution in [0, 0.1) is 0 Å². The first kappa shape index (κ1) is 13.0. The van der Waals surface area contributed by atoms with Crippen LogP contribution in [0.3, 0.4) is 0 Å². The van der Waals surface area contributed by atoms with Crippen LogP contribution < -0.4 is 0 Å². The molecule has 0 aliphatic rings. The number of carboxylic acid groups (broad SMARTS) is 1. The molecule has 0 saturated carbocycles. The summed E-state index contributed by atoms with van der Waals surface area (Å²) in [7, 11) is 1.22. The highest BCUT2D eigenvalue weighted by atomic mass is 19.3. The van der Waals surface area contributed by atoms with Gasteiger partial charge >= 0.3 is 5.97 Å². The molecule has 0 unspecified atom stereocenters. The Labute approximate surface area is 95.7 Å². The Morgan fingerprint density at radius 1 is 1.47 bits per heavy atom. The standard InChI is InChI=1S/C10H10F2N2O3/c1-14(5-8(11)12)9(15)7-3-2-6(4-13-7)10(16)17/h2-4,8H,5H2,1H3,(H,16,17). The highest BCUT2D eigenvalue weighted by molar-refractivity contribution is 5.93. The highest BCUT2D eigenvalue weighted by Crippen LogP contribution is 2.05. The molecule has 1 rings (SSSR count). The van der Waals surface area contributed by atoms with E-state index in [0.29, 0.717) is 0 Å². The van der Waals surface area contributed by atoms with Gasteiger partial charge in [-0.2, -0.15) is 0 Å². The third-order valence-corrected chi connectivity index (χ3v) is 1.99. The van der Waals surface area contributed by atoms with Gasteiger partial charge in [0.2, 0.25) is 0 Å². The zero-order chi connectivity index (χ0) is 13.0. The van der Waals surface area contributed by atoms with Gasteiger partial charge in [-0.3, -0.25) is 9.78 Å². The Morgan fingerprint density at radius 2 is 2.12 bits per heavy atom. The molecule has 0 spiro atoms. The second kappa shape index (κ2) is 5.33. The molecular weight excluding hydrogens is 234 g/mol. The number of amides is 1. The van der Waals surface area contributed by atoms with E-state index in [1.54, 1.807) is 0 Å². The van der Waals surface area contributed by atoms with E-state index in [1.807, 2.05) is 0 Å². The summed E-state index contributed by atoms with van der Waals surface area (Å²) in [5.41, 5.74) is -0.142. The SMILES string of the molecule is CN(CC(F)F)C(=O)c1ccc(C(=O)O)cn1. The first-order valence-corrected chi connectivity index (χ1v) is 4.64. The largest absolute Gasteiger partial charge is 0.478 e. The van der Waals surface area contributed by atoms with Crippen molar-refractivity contribution in [3.8, 4) is 0 Å². The lowest BCUT2D eigenvalue weighted by Crippen LogP contribution is -2.31. The van der Waals surface area contributed by atoms with Crippen LogP contribution in [0.15, 0.2) is 18.3 Å². The van der Waals surface area contributed by atoms with Crippen LogP contribution in [0.5, 0.6) is 0 Å². The number of rotatable bonds is 4. The van der Waals surface area contributed by atoms with Gasteiger partial charge in [0.05, 0.1) is 12.1 Å². The number of pyridine rings is 1. The topological polar surface area (TPSA) is 70.5 Å². The summed E-state index contributed by atoms with van der Waals surface area (Å²) in [5, 5.41) is 8.61. The van der Waals surface area contributed by atoms with Gasteiger partial charge in [0.15, 0.2) is 0 Å². The summed E-state index contributed by atoms with van der Waals surface area (Å²) < 4.78 is 24.1. The van der Waals surface area contributed by atoms with E-state index in [9.17, 15) is 18.4 Å². The molecule has 1 heterocycles. The fourth-order valence-corrected chi connectivity index (χ4v) is 1.13. The molecule has 0 aliphatic carbocycles. The number of halogens is 2. The van der Waals surface area contributed by atoms with E-state index in [-0.39, 0.29) is 11.3 Å². The zero-order valence-corrected chi connectivity index (χ0v) is 8.93. The predicted octanol–water partition coefficient (Wildman–Crippen LogP) is 1.12. The summed E-state index contributed by atoms with van der Waals surface area (Å²) in [6.07, 6.45) is -1.62. The molecule has 17 heavy (non-hydrogen) atoms. The Kier molecular flexibility index (Phi) is 4.08. The molecule has 1 N–H and O–H groups in total. The normalized spacial score (nSPS) is 10.4. The molecule has 92 valence electrons. The lowest BCUT2D eigenvalue weighted by molar-refractivity contribution is 0.0614. The predicted molar refractivity (Wildman–Crippen MR) is 54.2 cm³/mol. The van der Waals surface area contributed by atoms with Gasteiger partial charge in [0.25, 0.3) is 12.3 Å². The minimum absolute atomic E-state index is 0.0712. The van der Waals surface area contributed by atoms with Gasteiger partial charge in [0.1, 0.15) is 5.69 Å². The molecule has 5 nitrogen and oxygen atoms in total. The van der Waals surface area contributed by atoms with Crippen molar-refractivity contribution in [1.29, 1.82) is 0 Å². The average molecular weight is 244 g/mol. The quantitative estimate of drug-likeness (QED) is 0.861. The van der Waals surface area contributed by atoms with Crippen LogP contribution in [0.4, 0.5) is 8.78 Å².